The fourth-order valence-corrected chi connectivity index (χ4v) is 3.38. The fourth-order valence-electron chi connectivity index (χ4n) is 3.38. The third kappa shape index (κ3) is 3.06. The van der Waals surface area contributed by atoms with Crippen molar-refractivity contribution in [2.75, 3.05) is 13.2 Å². The molecule has 6 heteroatoms. The zero-order valence-electron chi connectivity index (χ0n) is 11.9. The van der Waals surface area contributed by atoms with Crippen LogP contribution >= 0.6 is 0 Å². The Hall–Kier alpha value is -1.30. The largest absolute Gasteiger partial charge is 0.481 e. The van der Waals surface area contributed by atoms with Gasteiger partial charge in [-0.2, -0.15) is 0 Å². The summed E-state index contributed by atoms with van der Waals surface area (Å²) in [4.78, 5) is 25.2. The standard InChI is InChI=1S/C14H24N2O4/c1-9-6-7-16(12(9)8-17)14(20)15-11-5-3-2-4-10(11)13(18)19/h9-12,17H,2-8H2,1H3,(H,15,20)(H,18,19). The number of likely N-dealkylation sites (tertiary alicyclic amines) is 1. The van der Waals surface area contributed by atoms with Gasteiger partial charge in [0.15, 0.2) is 0 Å². The van der Waals surface area contributed by atoms with Crippen molar-refractivity contribution < 1.29 is 19.8 Å². The van der Waals surface area contributed by atoms with Crippen LogP contribution in [-0.4, -0.2) is 52.3 Å². The number of amides is 2. The average Bonchev–Trinajstić information content (AvgIpc) is 2.80. The minimum atomic E-state index is -0.830. The number of carbonyl (C=O) groups is 2. The predicted octanol–water partition coefficient (Wildman–Crippen LogP) is 1.04. The molecule has 3 N–H and O–H groups in total. The number of hydrogen-bond donors (Lipinski definition) is 3. The zero-order valence-corrected chi connectivity index (χ0v) is 11.9. The molecule has 1 aliphatic heterocycles. The summed E-state index contributed by atoms with van der Waals surface area (Å²) in [5.74, 6) is -1.03. The second-order valence-electron chi connectivity index (χ2n) is 5.99. The van der Waals surface area contributed by atoms with Crippen LogP contribution in [0.25, 0.3) is 0 Å². The number of carboxylic acid groups (broad SMARTS) is 1. The molecule has 0 aromatic heterocycles. The summed E-state index contributed by atoms with van der Waals surface area (Å²) in [7, 11) is 0. The van der Waals surface area contributed by atoms with E-state index >= 15 is 0 Å². The van der Waals surface area contributed by atoms with Gasteiger partial charge in [-0.3, -0.25) is 4.79 Å². The van der Waals surface area contributed by atoms with Crippen LogP contribution in [0.4, 0.5) is 4.79 Å². The molecule has 0 aromatic rings. The number of aliphatic carboxylic acids is 1. The van der Waals surface area contributed by atoms with Crippen molar-refractivity contribution >= 4 is 12.0 Å². The Morgan fingerprint density at radius 1 is 1.25 bits per heavy atom. The van der Waals surface area contributed by atoms with Gasteiger partial charge in [-0.05, 0) is 25.2 Å². The van der Waals surface area contributed by atoms with Crippen LogP contribution in [0.1, 0.15) is 39.0 Å². The molecular formula is C14H24N2O4. The maximum atomic E-state index is 12.3. The van der Waals surface area contributed by atoms with Crippen molar-refractivity contribution in [3.05, 3.63) is 0 Å². The third-order valence-electron chi connectivity index (χ3n) is 4.72. The number of urea groups is 1. The van der Waals surface area contributed by atoms with Gasteiger partial charge in [-0.25, -0.2) is 4.79 Å². The molecule has 2 amide bonds. The van der Waals surface area contributed by atoms with E-state index in [1.54, 1.807) is 4.90 Å². The Morgan fingerprint density at radius 2 is 1.95 bits per heavy atom. The van der Waals surface area contributed by atoms with Crippen LogP contribution in [-0.2, 0) is 4.79 Å². The lowest BCUT2D eigenvalue weighted by molar-refractivity contribution is -0.143. The van der Waals surface area contributed by atoms with Gasteiger partial charge in [0.1, 0.15) is 0 Å². The van der Waals surface area contributed by atoms with Gasteiger partial charge in [0.05, 0.1) is 18.6 Å². The molecule has 6 nitrogen and oxygen atoms in total. The molecule has 0 spiro atoms. The lowest BCUT2D eigenvalue weighted by Gasteiger charge is -2.32. The second-order valence-corrected chi connectivity index (χ2v) is 5.99. The Labute approximate surface area is 119 Å². The van der Waals surface area contributed by atoms with Crippen molar-refractivity contribution in [1.29, 1.82) is 0 Å². The van der Waals surface area contributed by atoms with Crippen molar-refractivity contribution in [1.82, 2.24) is 10.2 Å². The van der Waals surface area contributed by atoms with Crippen LogP contribution in [0.3, 0.4) is 0 Å². The molecule has 0 bridgehead atoms. The highest BCUT2D eigenvalue weighted by Gasteiger charge is 2.37. The average molecular weight is 284 g/mol. The predicted molar refractivity (Wildman–Crippen MR) is 73.3 cm³/mol. The minimum Gasteiger partial charge on any atom is -0.481 e. The van der Waals surface area contributed by atoms with Crippen LogP contribution < -0.4 is 5.32 Å². The Kier molecular flexibility index (Phi) is 4.86. The Bertz CT molecular complexity index is 374. The van der Waals surface area contributed by atoms with Gasteiger partial charge in [0.25, 0.3) is 0 Å². The quantitative estimate of drug-likeness (QED) is 0.722. The van der Waals surface area contributed by atoms with E-state index in [-0.39, 0.29) is 30.6 Å². The van der Waals surface area contributed by atoms with E-state index in [9.17, 15) is 19.8 Å². The summed E-state index contributed by atoms with van der Waals surface area (Å²) in [6, 6.07) is -0.669. The van der Waals surface area contributed by atoms with Gasteiger partial charge in [0.2, 0.25) is 0 Å². The molecule has 0 radical (unpaired) electrons. The molecule has 2 rings (SSSR count). The first-order chi connectivity index (χ1) is 9.54. The summed E-state index contributed by atoms with van der Waals surface area (Å²) in [5.41, 5.74) is 0. The van der Waals surface area contributed by atoms with Gasteiger partial charge in [-0.15, -0.1) is 0 Å². The summed E-state index contributed by atoms with van der Waals surface area (Å²) in [6.45, 7) is 2.61. The number of aliphatic hydroxyl groups is 1. The van der Waals surface area contributed by atoms with E-state index in [0.29, 0.717) is 13.0 Å². The van der Waals surface area contributed by atoms with E-state index in [0.717, 1.165) is 25.7 Å². The third-order valence-corrected chi connectivity index (χ3v) is 4.72. The molecule has 4 atom stereocenters. The summed E-state index contributed by atoms with van der Waals surface area (Å²) < 4.78 is 0. The number of rotatable bonds is 3. The van der Waals surface area contributed by atoms with Crippen LogP contribution in [0.2, 0.25) is 0 Å². The number of carboxylic acids is 1. The number of hydrogen-bond acceptors (Lipinski definition) is 3. The number of carbonyl (C=O) groups excluding carboxylic acids is 1. The highest BCUT2D eigenvalue weighted by atomic mass is 16.4. The van der Waals surface area contributed by atoms with Crippen molar-refractivity contribution in [3.8, 4) is 0 Å². The van der Waals surface area contributed by atoms with Gasteiger partial charge in [0, 0.05) is 12.6 Å². The summed E-state index contributed by atoms with van der Waals surface area (Å²) in [6.07, 6.45) is 4.08. The Balaban J connectivity index is 1.97. The van der Waals surface area contributed by atoms with E-state index in [1.165, 1.54) is 0 Å². The highest BCUT2D eigenvalue weighted by Crippen LogP contribution is 2.27. The maximum Gasteiger partial charge on any atom is 0.317 e. The van der Waals surface area contributed by atoms with E-state index in [1.807, 2.05) is 6.92 Å². The highest BCUT2D eigenvalue weighted by molar-refractivity contribution is 5.77. The first-order valence-corrected chi connectivity index (χ1v) is 7.45. The molecule has 0 aromatic carbocycles. The first kappa shape index (κ1) is 15.1. The lowest BCUT2D eigenvalue weighted by Crippen LogP contribution is -2.52. The number of nitrogens with one attached hydrogen (secondary N) is 1. The fraction of sp³-hybridized carbons (Fsp3) is 0.857. The van der Waals surface area contributed by atoms with Crippen molar-refractivity contribution in [2.45, 2.75) is 51.1 Å². The molecule has 20 heavy (non-hydrogen) atoms. The second kappa shape index (κ2) is 6.43. The van der Waals surface area contributed by atoms with E-state index < -0.39 is 11.9 Å². The molecule has 1 heterocycles. The van der Waals surface area contributed by atoms with Crippen molar-refractivity contribution in [3.63, 3.8) is 0 Å². The normalized spacial score (nSPS) is 34.0. The first-order valence-electron chi connectivity index (χ1n) is 7.45. The van der Waals surface area contributed by atoms with E-state index in [2.05, 4.69) is 5.32 Å². The van der Waals surface area contributed by atoms with Gasteiger partial charge >= 0.3 is 12.0 Å². The molecule has 2 aliphatic rings. The summed E-state index contributed by atoms with van der Waals surface area (Å²) in [5, 5.41) is 21.5. The van der Waals surface area contributed by atoms with Gasteiger partial charge < -0.3 is 20.4 Å². The molecule has 2 fully saturated rings. The lowest BCUT2D eigenvalue weighted by atomic mass is 9.84. The molecule has 1 saturated heterocycles. The molecule has 114 valence electrons. The molecule has 1 saturated carbocycles. The molecular weight excluding hydrogens is 260 g/mol. The maximum absolute atomic E-state index is 12.3. The zero-order chi connectivity index (χ0) is 14.7. The van der Waals surface area contributed by atoms with Crippen molar-refractivity contribution in [2.24, 2.45) is 11.8 Å². The van der Waals surface area contributed by atoms with Crippen LogP contribution in [0, 0.1) is 11.8 Å². The van der Waals surface area contributed by atoms with Crippen LogP contribution in [0.15, 0.2) is 0 Å². The minimum absolute atomic E-state index is 0.0401. The van der Waals surface area contributed by atoms with E-state index in [4.69, 9.17) is 0 Å². The van der Waals surface area contributed by atoms with Crippen LogP contribution in [0.5, 0.6) is 0 Å². The molecule has 1 aliphatic carbocycles. The topological polar surface area (TPSA) is 89.9 Å². The SMILES string of the molecule is CC1CCN(C(=O)NC2CCCCC2C(=O)O)C1CO. The number of aliphatic hydroxyl groups excluding tert-OH is 1. The molecule has 4 unspecified atom stereocenters. The smallest absolute Gasteiger partial charge is 0.317 e. The summed E-state index contributed by atoms with van der Waals surface area (Å²) >= 11 is 0. The monoisotopic (exact) mass is 284 g/mol. The Morgan fingerprint density at radius 3 is 2.60 bits per heavy atom. The van der Waals surface area contributed by atoms with Gasteiger partial charge in [-0.1, -0.05) is 19.8 Å². The number of nitrogens with zero attached hydrogens (tertiary/aromatic N) is 1.